The third-order valence-corrected chi connectivity index (χ3v) is 6.64. The maximum absolute atomic E-state index is 12.5. The molecule has 1 amide bonds. The molecule has 2 aliphatic heterocycles. The van der Waals surface area contributed by atoms with Crippen molar-refractivity contribution in [3.8, 4) is 11.5 Å². The minimum atomic E-state index is -1.86. The number of carboxylic acids is 1. The van der Waals surface area contributed by atoms with Crippen LogP contribution in [0.2, 0.25) is 0 Å². The number of fused-ring (bicyclic) bond motifs is 1. The standard InChI is InChI=1S/C24H27N5O10/c1-36-14-10-12-11(9-15(14)38-23-18(32)16(30)17(31)19(39-23)22(34)35)20(25)27-24(26-12)29-6-4-28(5-7-29)21(33)13-3-2-8-37-13/h2-3,8-10,16-19,23,30-32H,4-7H2,1H3,(H,34,35)(H2,25,26,27)/t16-,17-,18+,19-,23+/m0/s1. The van der Waals surface area contributed by atoms with E-state index in [0.29, 0.717) is 43.0 Å². The lowest BCUT2D eigenvalue weighted by Crippen LogP contribution is -2.61. The highest BCUT2D eigenvalue weighted by molar-refractivity contribution is 5.92. The number of nitrogens with zero attached hydrogens (tertiary/aromatic N) is 4. The number of carbonyl (C=O) groups is 2. The molecular weight excluding hydrogens is 518 g/mol. The van der Waals surface area contributed by atoms with Gasteiger partial charge in [-0.3, -0.25) is 4.79 Å². The number of aromatic nitrogens is 2. The SMILES string of the molecule is COc1cc2nc(N3CCN(C(=O)c4ccco4)CC3)nc(N)c2cc1O[C@@H]1O[C@H](C(=O)O)[C@@H](O)[C@H](O)[C@H]1O. The summed E-state index contributed by atoms with van der Waals surface area (Å²) in [5, 5.41) is 39.9. The predicted molar refractivity (Wildman–Crippen MR) is 132 cm³/mol. The van der Waals surface area contributed by atoms with Crippen molar-refractivity contribution in [2.24, 2.45) is 0 Å². The van der Waals surface area contributed by atoms with Crippen LogP contribution in [0, 0.1) is 0 Å². The first kappa shape index (κ1) is 26.4. The van der Waals surface area contributed by atoms with E-state index in [2.05, 4.69) is 9.97 Å². The largest absolute Gasteiger partial charge is 0.493 e. The number of benzene rings is 1. The molecule has 2 aromatic heterocycles. The zero-order valence-corrected chi connectivity index (χ0v) is 20.7. The van der Waals surface area contributed by atoms with Gasteiger partial charge in [0.15, 0.2) is 23.4 Å². The zero-order chi connectivity index (χ0) is 27.8. The Morgan fingerprint density at radius 3 is 2.44 bits per heavy atom. The molecule has 2 aliphatic rings. The number of piperazine rings is 1. The molecule has 0 spiro atoms. The molecule has 5 atom stereocenters. The third-order valence-electron chi connectivity index (χ3n) is 6.64. The lowest BCUT2D eigenvalue weighted by Gasteiger charge is -2.38. The number of aliphatic carboxylic acids is 1. The maximum Gasteiger partial charge on any atom is 0.335 e. The first-order valence-corrected chi connectivity index (χ1v) is 12.0. The topological polar surface area (TPSA) is 214 Å². The Bertz CT molecular complexity index is 1360. The van der Waals surface area contributed by atoms with Crippen molar-refractivity contribution in [2.45, 2.75) is 30.7 Å². The minimum Gasteiger partial charge on any atom is -0.493 e. The second-order valence-electron chi connectivity index (χ2n) is 9.04. The number of carboxylic acid groups (broad SMARTS) is 1. The summed E-state index contributed by atoms with van der Waals surface area (Å²) in [5.41, 5.74) is 6.66. The van der Waals surface area contributed by atoms with Crippen LogP contribution in [0.15, 0.2) is 34.9 Å². The number of hydrogen-bond donors (Lipinski definition) is 5. The fourth-order valence-corrected chi connectivity index (χ4v) is 4.48. The van der Waals surface area contributed by atoms with E-state index < -0.39 is 36.7 Å². The van der Waals surface area contributed by atoms with Gasteiger partial charge < -0.3 is 54.6 Å². The summed E-state index contributed by atoms with van der Waals surface area (Å²) < 4.78 is 21.5. The lowest BCUT2D eigenvalue weighted by molar-refractivity contribution is -0.271. The molecule has 2 fully saturated rings. The number of carbonyl (C=O) groups excluding carboxylic acids is 1. The second kappa shape index (κ2) is 10.5. The van der Waals surface area contributed by atoms with E-state index in [1.807, 2.05) is 4.90 Å². The molecule has 0 aliphatic carbocycles. The number of aliphatic hydroxyl groups is 3. The van der Waals surface area contributed by atoms with E-state index in [-0.39, 0.29) is 29.0 Å². The molecule has 4 heterocycles. The van der Waals surface area contributed by atoms with Crippen LogP contribution in [0.5, 0.6) is 11.5 Å². The summed E-state index contributed by atoms with van der Waals surface area (Å²) in [5.74, 6) is -0.828. The number of nitrogen functional groups attached to an aromatic ring is 1. The molecule has 15 nitrogen and oxygen atoms in total. The van der Waals surface area contributed by atoms with Crippen molar-refractivity contribution in [1.82, 2.24) is 14.9 Å². The van der Waals surface area contributed by atoms with Gasteiger partial charge in [-0.15, -0.1) is 0 Å². The van der Waals surface area contributed by atoms with Gasteiger partial charge in [-0.1, -0.05) is 0 Å². The first-order chi connectivity index (χ1) is 18.7. The van der Waals surface area contributed by atoms with Crippen LogP contribution in [-0.2, 0) is 9.53 Å². The van der Waals surface area contributed by atoms with Gasteiger partial charge in [-0.2, -0.15) is 4.98 Å². The molecule has 0 radical (unpaired) electrons. The fourth-order valence-electron chi connectivity index (χ4n) is 4.48. The highest BCUT2D eigenvalue weighted by atomic mass is 16.7. The fraction of sp³-hybridized carbons (Fsp3) is 0.417. The van der Waals surface area contributed by atoms with Gasteiger partial charge in [0.1, 0.15) is 24.1 Å². The van der Waals surface area contributed by atoms with Crippen LogP contribution in [0.4, 0.5) is 11.8 Å². The summed E-state index contributed by atoms with van der Waals surface area (Å²) in [7, 11) is 1.37. The first-order valence-electron chi connectivity index (χ1n) is 12.0. The lowest BCUT2D eigenvalue weighted by atomic mass is 9.99. The van der Waals surface area contributed by atoms with Crippen LogP contribution >= 0.6 is 0 Å². The highest BCUT2D eigenvalue weighted by Crippen LogP contribution is 2.36. The number of amides is 1. The second-order valence-corrected chi connectivity index (χ2v) is 9.04. The van der Waals surface area contributed by atoms with Gasteiger partial charge >= 0.3 is 5.97 Å². The Kier molecular flexibility index (Phi) is 7.14. The van der Waals surface area contributed by atoms with Gasteiger partial charge in [0.25, 0.3) is 5.91 Å². The van der Waals surface area contributed by atoms with Gasteiger partial charge in [0, 0.05) is 37.6 Å². The zero-order valence-electron chi connectivity index (χ0n) is 20.7. The molecule has 39 heavy (non-hydrogen) atoms. The molecule has 1 aromatic carbocycles. The number of nitrogens with two attached hydrogens (primary N) is 1. The summed E-state index contributed by atoms with van der Waals surface area (Å²) in [6, 6.07) is 6.24. The van der Waals surface area contributed by atoms with E-state index in [9.17, 15) is 30.0 Å². The molecular formula is C24H27N5O10. The Morgan fingerprint density at radius 2 is 1.79 bits per heavy atom. The Hall–Kier alpha value is -4.18. The monoisotopic (exact) mass is 545 g/mol. The van der Waals surface area contributed by atoms with E-state index in [1.165, 1.54) is 25.5 Å². The van der Waals surface area contributed by atoms with Crippen LogP contribution in [0.3, 0.4) is 0 Å². The molecule has 5 rings (SSSR count). The normalized spacial score (nSPS) is 25.5. The number of furan rings is 1. The molecule has 15 heteroatoms. The number of anilines is 2. The Morgan fingerprint density at radius 1 is 1.05 bits per heavy atom. The predicted octanol–water partition coefficient (Wildman–Crippen LogP) is -0.953. The van der Waals surface area contributed by atoms with Gasteiger partial charge in [-0.05, 0) is 18.2 Å². The smallest absolute Gasteiger partial charge is 0.335 e. The van der Waals surface area contributed by atoms with Crippen molar-refractivity contribution in [2.75, 3.05) is 43.9 Å². The van der Waals surface area contributed by atoms with Crippen molar-refractivity contribution in [1.29, 1.82) is 0 Å². The van der Waals surface area contributed by atoms with Crippen molar-refractivity contribution >= 4 is 34.5 Å². The third kappa shape index (κ3) is 4.99. The van der Waals surface area contributed by atoms with Crippen molar-refractivity contribution < 1.29 is 48.6 Å². The molecule has 0 saturated carbocycles. The molecule has 0 bridgehead atoms. The van der Waals surface area contributed by atoms with E-state index in [4.69, 9.17) is 24.4 Å². The summed E-state index contributed by atoms with van der Waals surface area (Å²) in [6.45, 7) is 1.79. The molecule has 3 aromatic rings. The van der Waals surface area contributed by atoms with Crippen LogP contribution in [0.1, 0.15) is 10.6 Å². The van der Waals surface area contributed by atoms with Crippen LogP contribution in [0.25, 0.3) is 10.9 Å². The van der Waals surface area contributed by atoms with E-state index in [0.717, 1.165) is 0 Å². The maximum atomic E-state index is 12.5. The summed E-state index contributed by atoms with van der Waals surface area (Å²) in [4.78, 5) is 36.5. The van der Waals surface area contributed by atoms with Gasteiger partial charge in [0.2, 0.25) is 12.2 Å². The van der Waals surface area contributed by atoms with Crippen molar-refractivity contribution in [3.05, 3.63) is 36.3 Å². The average molecular weight is 546 g/mol. The number of rotatable bonds is 6. The van der Waals surface area contributed by atoms with Gasteiger partial charge in [-0.25, -0.2) is 9.78 Å². The summed E-state index contributed by atoms with van der Waals surface area (Å²) >= 11 is 0. The number of ether oxygens (including phenoxy) is 3. The highest BCUT2D eigenvalue weighted by Gasteiger charge is 2.48. The molecule has 208 valence electrons. The Balaban J connectivity index is 1.36. The summed E-state index contributed by atoms with van der Waals surface area (Å²) in [6.07, 6.45) is -7.47. The minimum absolute atomic E-state index is 0.00915. The van der Waals surface area contributed by atoms with E-state index >= 15 is 0 Å². The molecule has 0 unspecified atom stereocenters. The average Bonchev–Trinajstić information content (AvgIpc) is 3.48. The number of methoxy groups -OCH3 is 1. The number of hydrogen-bond acceptors (Lipinski definition) is 13. The van der Waals surface area contributed by atoms with Gasteiger partial charge in [0.05, 0.1) is 18.9 Å². The van der Waals surface area contributed by atoms with Crippen LogP contribution in [-0.4, -0.2) is 111 Å². The quantitative estimate of drug-likeness (QED) is 0.252. The number of aliphatic hydroxyl groups excluding tert-OH is 3. The molecule has 2 saturated heterocycles. The van der Waals surface area contributed by atoms with Crippen molar-refractivity contribution in [3.63, 3.8) is 0 Å². The van der Waals surface area contributed by atoms with E-state index in [1.54, 1.807) is 17.0 Å². The van der Waals surface area contributed by atoms with Crippen LogP contribution < -0.4 is 20.1 Å². The Labute approximate surface area is 220 Å². The molecule has 6 N–H and O–H groups in total.